The third-order valence-corrected chi connectivity index (χ3v) is 3.99. The lowest BCUT2D eigenvalue weighted by Gasteiger charge is -2.09. The van der Waals surface area contributed by atoms with Crippen LogP contribution in [0.1, 0.15) is 42.3 Å². The molecule has 0 saturated heterocycles. The fourth-order valence-electron chi connectivity index (χ4n) is 2.21. The highest BCUT2D eigenvalue weighted by molar-refractivity contribution is 7.99. The summed E-state index contributed by atoms with van der Waals surface area (Å²) in [7, 11) is 0. The zero-order valence-electron chi connectivity index (χ0n) is 10.0. The van der Waals surface area contributed by atoms with Crippen molar-refractivity contribution in [2.24, 2.45) is 0 Å². The van der Waals surface area contributed by atoms with Crippen molar-refractivity contribution < 1.29 is 14.3 Å². The van der Waals surface area contributed by atoms with Crippen molar-refractivity contribution in [3.8, 4) is 0 Å². The van der Waals surface area contributed by atoms with Gasteiger partial charge >= 0.3 is 5.97 Å². The number of hydrogen-bond acceptors (Lipinski definition) is 6. The minimum Gasteiger partial charge on any atom is -0.475 e. The summed E-state index contributed by atoms with van der Waals surface area (Å²) in [6, 6.07) is 3.38. The third-order valence-electron chi connectivity index (χ3n) is 3.12. The number of nitrogens with zero attached hydrogens (tertiary/aromatic N) is 4. The Balaban J connectivity index is 1.79. The summed E-state index contributed by atoms with van der Waals surface area (Å²) < 4.78 is 7.00. The number of aromatic carboxylic acids is 1. The van der Waals surface area contributed by atoms with Crippen LogP contribution in [-0.2, 0) is 0 Å². The molecule has 8 heteroatoms. The van der Waals surface area contributed by atoms with Crippen molar-refractivity contribution in [3.63, 3.8) is 0 Å². The molecule has 1 saturated carbocycles. The Bertz CT molecular complexity index is 588. The van der Waals surface area contributed by atoms with E-state index >= 15 is 0 Å². The van der Waals surface area contributed by atoms with Crippen LogP contribution in [0.2, 0.25) is 0 Å². The highest BCUT2D eigenvalue weighted by Crippen LogP contribution is 2.34. The lowest BCUT2D eigenvalue weighted by molar-refractivity contribution is 0.0656. The highest BCUT2D eigenvalue weighted by Gasteiger charge is 2.22. The smallest absolute Gasteiger partial charge is 0.371 e. The molecular formula is C11H12N4O3S. The molecule has 2 aromatic heterocycles. The first-order valence-electron chi connectivity index (χ1n) is 6.03. The van der Waals surface area contributed by atoms with Gasteiger partial charge in [0, 0.05) is 0 Å². The zero-order chi connectivity index (χ0) is 13.2. The maximum absolute atomic E-state index is 10.7. The number of tetrazole rings is 1. The van der Waals surface area contributed by atoms with Crippen molar-refractivity contribution in [3.05, 3.63) is 17.9 Å². The van der Waals surface area contributed by atoms with Gasteiger partial charge in [0.2, 0.25) is 10.9 Å². The van der Waals surface area contributed by atoms with Crippen molar-refractivity contribution >= 4 is 17.7 Å². The van der Waals surface area contributed by atoms with Gasteiger partial charge in [-0.2, -0.15) is 0 Å². The van der Waals surface area contributed by atoms with Crippen LogP contribution in [0.4, 0.5) is 0 Å². The Morgan fingerprint density at radius 2 is 2.21 bits per heavy atom. The van der Waals surface area contributed by atoms with Gasteiger partial charge in [-0.25, -0.2) is 9.48 Å². The maximum Gasteiger partial charge on any atom is 0.371 e. The van der Waals surface area contributed by atoms with Gasteiger partial charge in [-0.15, -0.1) is 5.10 Å². The maximum atomic E-state index is 10.7. The van der Waals surface area contributed by atoms with E-state index in [0.717, 1.165) is 12.8 Å². The summed E-state index contributed by atoms with van der Waals surface area (Å²) in [5, 5.41) is 21.6. The van der Waals surface area contributed by atoms with E-state index in [0.29, 0.717) is 16.3 Å². The van der Waals surface area contributed by atoms with E-state index in [1.807, 2.05) is 0 Å². The summed E-state index contributed by atoms with van der Waals surface area (Å²) in [5.74, 6) is -1.16. The summed E-state index contributed by atoms with van der Waals surface area (Å²) in [5.41, 5.74) is 0. The van der Waals surface area contributed by atoms with Gasteiger partial charge in [-0.1, -0.05) is 12.8 Å². The number of aromatic nitrogens is 4. The lowest BCUT2D eigenvalue weighted by atomic mass is 10.3. The first-order chi connectivity index (χ1) is 9.24. The quantitative estimate of drug-likeness (QED) is 0.917. The van der Waals surface area contributed by atoms with Crippen LogP contribution in [0.5, 0.6) is 0 Å². The summed E-state index contributed by atoms with van der Waals surface area (Å²) in [6.07, 6.45) is 4.55. The Morgan fingerprint density at radius 3 is 2.89 bits per heavy atom. The normalized spacial score (nSPS) is 16.0. The van der Waals surface area contributed by atoms with E-state index < -0.39 is 5.97 Å². The van der Waals surface area contributed by atoms with Crippen molar-refractivity contribution in [1.82, 2.24) is 20.2 Å². The molecule has 2 heterocycles. The third kappa shape index (κ3) is 2.48. The molecule has 3 rings (SSSR count). The van der Waals surface area contributed by atoms with E-state index in [1.54, 1.807) is 10.7 Å². The van der Waals surface area contributed by atoms with Crippen LogP contribution in [0, 0.1) is 0 Å². The second kappa shape index (κ2) is 5.04. The van der Waals surface area contributed by atoms with Gasteiger partial charge in [-0.3, -0.25) is 0 Å². The molecule has 0 aliphatic heterocycles. The molecule has 0 unspecified atom stereocenters. The molecular weight excluding hydrogens is 268 g/mol. The largest absolute Gasteiger partial charge is 0.475 e. The molecule has 7 nitrogen and oxygen atoms in total. The minimum absolute atomic E-state index is 0.0811. The van der Waals surface area contributed by atoms with Crippen LogP contribution in [0.15, 0.2) is 26.8 Å². The number of carboxylic acid groups (broad SMARTS) is 1. The fourth-order valence-corrected chi connectivity index (χ4v) is 3.01. The van der Waals surface area contributed by atoms with Crippen LogP contribution in [0.3, 0.4) is 0 Å². The SMILES string of the molecule is O=C(O)c1ccc(Sc2nnnn2C2CCCC2)o1. The van der Waals surface area contributed by atoms with Crippen LogP contribution >= 0.6 is 11.8 Å². The Kier molecular flexibility index (Phi) is 3.24. The molecule has 100 valence electrons. The van der Waals surface area contributed by atoms with Gasteiger partial charge in [0.25, 0.3) is 0 Å². The van der Waals surface area contributed by atoms with Crippen LogP contribution < -0.4 is 0 Å². The molecule has 19 heavy (non-hydrogen) atoms. The van der Waals surface area contributed by atoms with Gasteiger partial charge in [0.15, 0.2) is 5.09 Å². The number of carboxylic acids is 1. The molecule has 1 N–H and O–H groups in total. The second-order valence-corrected chi connectivity index (χ2v) is 5.34. The minimum atomic E-state index is -1.08. The molecule has 0 bridgehead atoms. The molecule has 0 atom stereocenters. The average Bonchev–Trinajstić information content (AvgIpc) is 3.09. The molecule has 0 amide bonds. The molecule has 1 aliphatic rings. The van der Waals surface area contributed by atoms with Gasteiger partial charge < -0.3 is 9.52 Å². The number of furan rings is 1. The standard InChI is InChI=1S/C11H12N4O3S/c16-10(17)8-5-6-9(18-8)19-11-12-13-14-15(11)7-3-1-2-4-7/h5-7H,1-4H2,(H,16,17). The predicted octanol–water partition coefficient (Wildman–Crippen LogP) is 2.23. The van der Waals surface area contributed by atoms with E-state index in [1.165, 1.54) is 30.7 Å². The molecule has 2 aromatic rings. The molecule has 0 aromatic carbocycles. The molecule has 1 aliphatic carbocycles. The topological polar surface area (TPSA) is 94.0 Å². The van der Waals surface area contributed by atoms with E-state index in [-0.39, 0.29) is 5.76 Å². The Labute approximate surface area is 113 Å². The second-order valence-electron chi connectivity index (χ2n) is 4.37. The zero-order valence-corrected chi connectivity index (χ0v) is 10.8. The molecule has 1 fully saturated rings. The van der Waals surface area contributed by atoms with Crippen molar-refractivity contribution in [2.45, 2.75) is 42.0 Å². The number of carbonyl (C=O) groups is 1. The van der Waals surface area contributed by atoms with E-state index in [4.69, 9.17) is 9.52 Å². The Hall–Kier alpha value is -1.83. The fraction of sp³-hybridized carbons (Fsp3) is 0.455. The number of hydrogen-bond donors (Lipinski definition) is 1. The predicted molar refractivity (Wildman–Crippen MR) is 65.1 cm³/mol. The first-order valence-corrected chi connectivity index (χ1v) is 6.84. The Morgan fingerprint density at radius 1 is 1.42 bits per heavy atom. The van der Waals surface area contributed by atoms with Crippen LogP contribution in [-0.4, -0.2) is 31.3 Å². The van der Waals surface area contributed by atoms with Gasteiger partial charge in [-0.05, 0) is 47.2 Å². The summed E-state index contributed by atoms with van der Waals surface area (Å²) in [6.45, 7) is 0. The monoisotopic (exact) mass is 280 g/mol. The number of rotatable bonds is 4. The van der Waals surface area contributed by atoms with Crippen LogP contribution in [0.25, 0.3) is 0 Å². The van der Waals surface area contributed by atoms with Gasteiger partial charge in [0.1, 0.15) is 0 Å². The summed E-state index contributed by atoms with van der Waals surface area (Å²) in [4.78, 5) is 10.7. The van der Waals surface area contributed by atoms with E-state index in [2.05, 4.69) is 15.5 Å². The van der Waals surface area contributed by atoms with Crippen molar-refractivity contribution in [2.75, 3.05) is 0 Å². The summed E-state index contributed by atoms with van der Waals surface area (Å²) >= 11 is 1.24. The average molecular weight is 280 g/mol. The molecule has 0 radical (unpaired) electrons. The highest BCUT2D eigenvalue weighted by atomic mass is 32.2. The van der Waals surface area contributed by atoms with Crippen molar-refractivity contribution in [1.29, 1.82) is 0 Å². The first kappa shape index (κ1) is 12.2. The van der Waals surface area contributed by atoms with Gasteiger partial charge in [0.05, 0.1) is 6.04 Å². The lowest BCUT2D eigenvalue weighted by Crippen LogP contribution is -2.08. The molecule has 0 spiro atoms. The van der Waals surface area contributed by atoms with E-state index in [9.17, 15) is 4.79 Å².